The predicted octanol–water partition coefficient (Wildman–Crippen LogP) is 4.68. The van der Waals surface area contributed by atoms with E-state index in [4.69, 9.17) is 16.3 Å². The number of ether oxygens (including phenoxy) is 1. The molecule has 0 atom stereocenters. The van der Waals surface area contributed by atoms with Crippen molar-refractivity contribution < 1.29 is 9.53 Å². The Hall–Kier alpha value is -2.40. The van der Waals surface area contributed by atoms with Crippen molar-refractivity contribution in [2.24, 2.45) is 4.99 Å². The molecule has 1 aliphatic rings. The van der Waals surface area contributed by atoms with E-state index in [0.717, 1.165) is 28.2 Å². The number of fused-ring (bicyclic) bond motifs is 1. The fourth-order valence-corrected chi connectivity index (χ4v) is 2.77. The topological polar surface area (TPSA) is 63.6 Å². The Labute approximate surface area is 145 Å². The Balaban J connectivity index is 1.84. The van der Waals surface area contributed by atoms with Crippen LogP contribution in [0.15, 0.2) is 35.5 Å². The van der Waals surface area contributed by atoms with Crippen LogP contribution in [0, 0.1) is 6.92 Å². The van der Waals surface area contributed by atoms with E-state index >= 15 is 0 Å². The van der Waals surface area contributed by atoms with Gasteiger partial charge in [-0.3, -0.25) is 5.32 Å². The molecule has 0 aliphatic carbocycles. The van der Waals surface area contributed by atoms with Gasteiger partial charge in [-0.1, -0.05) is 17.7 Å². The lowest BCUT2D eigenvalue weighted by molar-refractivity contribution is 0.130. The molecule has 6 heteroatoms. The Morgan fingerprint density at radius 1 is 1.33 bits per heavy atom. The number of anilines is 1. The normalized spacial score (nSPS) is 12.8. The molecule has 0 spiro atoms. The number of carbonyl (C=O) groups is 1. The lowest BCUT2D eigenvalue weighted by atomic mass is 10.0. The third-order valence-electron chi connectivity index (χ3n) is 3.54. The zero-order valence-electron chi connectivity index (χ0n) is 13.8. The molecule has 5 nitrogen and oxygen atoms in total. The van der Waals surface area contributed by atoms with Crippen molar-refractivity contribution in [1.29, 1.82) is 0 Å². The number of pyridine rings is 1. The number of aromatic nitrogens is 1. The minimum atomic E-state index is -0.493. The number of aliphatic imine (C=N–C) groups is 1. The Kier molecular flexibility index (Phi) is 4.53. The number of nitrogens with one attached hydrogen (secondary N) is 1. The molecule has 124 valence electrons. The molecule has 24 heavy (non-hydrogen) atoms. The first kappa shape index (κ1) is 16.5. The summed E-state index contributed by atoms with van der Waals surface area (Å²) in [6.45, 7) is 5.60. The molecule has 0 saturated carbocycles. The maximum Gasteiger partial charge on any atom is 0.411 e. The van der Waals surface area contributed by atoms with Gasteiger partial charge in [-0.15, -0.1) is 0 Å². The lowest BCUT2D eigenvalue weighted by Gasteiger charge is -2.11. The van der Waals surface area contributed by atoms with Crippen molar-refractivity contribution in [3.63, 3.8) is 0 Å². The van der Waals surface area contributed by atoms with Crippen LogP contribution in [0.5, 0.6) is 0 Å². The van der Waals surface area contributed by atoms with E-state index in [0.29, 0.717) is 17.1 Å². The average Bonchev–Trinajstić information content (AvgIpc) is 2.91. The minimum Gasteiger partial charge on any atom is -0.447 e. The summed E-state index contributed by atoms with van der Waals surface area (Å²) < 4.78 is 5.09. The molecule has 0 bridgehead atoms. The number of aryl methyl sites for hydroxylation is 1. The summed E-state index contributed by atoms with van der Waals surface area (Å²) in [6, 6.07) is 7.36. The van der Waals surface area contributed by atoms with Crippen LogP contribution in [-0.2, 0) is 11.2 Å². The Bertz CT molecular complexity index is 831. The van der Waals surface area contributed by atoms with Crippen LogP contribution in [0.2, 0.25) is 5.02 Å². The fourth-order valence-electron chi connectivity index (χ4n) is 2.54. The fraction of sp³-hybridized carbons (Fsp3) is 0.278. The van der Waals surface area contributed by atoms with E-state index in [1.807, 2.05) is 13.0 Å². The maximum atomic E-state index is 11.7. The summed E-state index contributed by atoms with van der Waals surface area (Å²) in [4.78, 5) is 20.7. The third kappa shape index (κ3) is 3.57. The SMILES string of the molecule is Cc1cnc2c(c1)CC(c1cc(NC(=O)OC(C)C)ccc1Cl)=N2. The van der Waals surface area contributed by atoms with Crippen molar-refractivity contribution in [3.8, 4) is 0 Å². The monoisotopic (exact) mass is 343 g/mol. The standard InChI is InChI=1S/C18H18ClN3O2/c1-10(2)24-18(23)21-13-4-5-15(19)14(8-13)16-7-12-6-11(3)9-20-17(12)22-16/h4-6,8-10H,7H2,1-3H3,(H,21,23). The van der Waals surface area contributed by atoms with Gasteiger partial charge in [0.2, 0.25) is 0 Å². The summed E-state index contributed by atoms with van der Waals surface area (Å²) in [6.07, 6.45) is 1.79. The number of carbonyl (C=O) groups excluding carboxylic acids is 1. The molecule has 0 fully saturated rings. The first-order valence-corrected chi connectivity index (χ1v) is 8.11. The van der Waals surface area contributed by atoms with Crippen molar-refractivity contribution >= 4 is 34.9 Å². The third-order valence-corrected chi connectivity index (χ3v) is 3.87. The van der Waals surface area contributed by atoms with Crippen LogP contribution in [-0.4, -0.2) is 22.9 Å². The largest absolute Gasteiger partial charge is 0.447 e. The number of halogens is 1. The van der Waals surface area contributed by atoms with Gasteiger partial charge in [-0.2, -0.15) is 0 Å². The number of hydrogen-bond acceptors (Lipinski definition) is 4. The van der Waals surface area contributed by atoms with Crippen molar-refractivity contribution in [2.75, 3.05) is 5.32 Å². The van der Waals surface area contributed by atoms with E-state index in [9.17, 15) is 4.79 Å². The molecule has 0 saturated heterocycles. The molecular formula is C18H18ClN3O2. The summed E-state index contributed by atoms with van der Waals surface area (Å²) in [5.41, 5.74) is 4.42. The first-order valence-electron chi connectivity index (χ1n) is 7.73. The number of nitrogens with zero attached hydrogens (tertiary/aromatic N) is 2. The number of amides is 1. The quantitative estimate of drug-likeness (QED) is 0.880. The van der Waals surface area contributed by atoms with E-state index in [-0.39, 0.29) is 6.10 Å². The van der Waals surface area contributed by atoms with Gasteiger partial charge in [-0.25, -0.2) is 14.8 Å². The highest BCUT2D eigenvalue weighted by molar-refractivity contribution is 6.34. The van der Waals surface area contributed by atoms with Crippen LogP contribution in [0.4, 0.5) is 16.3 Å². The molecule has 0 radical (unpaired) electrons. The van der Waals surface area contributed by atoms with Gasteiger partial charge in [0.05, 0.1) is 11.8 Å². The lowest BCUT2D eigenvalue weighted by Crippen LogP contribution is -2.18. The van der Waals surface area contributed by atoms with Crippen LogP contribution in [0.25, 0.3) is 0 Å². The molecule has 1 N–H and O–H groups in total. The van der Waals surface area contributed by atoms with Crippen molar-refractivity contribution in [2.45, 2.75) is 33.3 Å². The molecule has 0 unspecified atom stereocenters. The molecule has 2 aromatic rings. The molecule has 1 amide bonds. The van der Waals surface area contributed by atoms with Crippen molar-refractivity contribution in [3.05, 3.63) is 52.2 Å². The van der Waals surface area contributed by atoms with Crippen molar-refractivity contribution in [1.82, 2.24) is 4.98 Å². The second-order valence-electron chi connectivity index (χ2n) is 6.00. The molecule has 1 aromatic carbocycles. The summed E-state index contributed by atoms with van der Waals surface area (Å²) >= 11 is 6.33. The van der Waals surface area contributed by atoms with Crippen LogP contribution >= 0.6 is 11.6 Å². The van der Waals surface area contributed by atoms with E-state index in [1.165, 1.54) is 0 Å². The van der Waals surface area contributed by atoms with Gasteiger partial charge in [0.25, 0.3) is 0 Å². The van der Waals surface area contributed by atoms with Crippen LogP contribution < -0.4 is 5.32 Å². The molecule has 2 heterocycles. The highest BCUT2D eigenvalue weighted by Crippen LogP contribution is 2.31. The number of benzene rings is 1. The number of rotatable bonds is 3. The zero-order valence-corrected chi connectivity index (χ0v) is 14.5. The first-order chi connectivity index (χ1) is 11.4. The highest BCUT2D eigenvalue weighted by atomic mass is 35.5. The minimum absolute atomic E-state index is 0.181. The second-order valence-corrected chi connectivity index (χ2v) is 6.41. The molecule has 3 rings (SSSR count). The zero-order chi connectivity index (χ0) is 17.3. The summed E-state index contributed by atoms with van der Waals surface area (Å²) in [5, 5.41) is 3.29. The number of hydrogen-bond donors (Lipinski definition) is 1. The van der Waals surface area contributed by atoms with Crippen LogP contribution in [0.1, 0.15) is 30.5 Å². The highest BCUT2D eigenvalue weighted by Gasteiger charge is 2.20. The molecular weight excluding hydrogens is 326 g/mol. The van der Waals surface area contributed by atoms with E-state index < -0.39 is 6.09 Å². The smallest absolute Gasteiger partial charge is 0.411 e. The van der Waals surface area contributed by atoms with Gasteiger partial charge in [0.15, 0.2) is 5.82 Å². The Morgan fingerprint density at radius 3 is 2.88 bits per heavy atom. The van der Waals surface area contributed by atoms with Gasteiger partial charge in [-0.05, 0) is 44.5 Å². The van der Waals surface area contributed by atoms with E-state index in [1.54, 1.807) is 32.2 Å². The summed E-state index contributed by atoms with van der Waals surface area (Å²) in [5.74, 6) is 0.726. The molecule has 1 aliphatic heterocycles. The maximum absolute atomic E-state index is 11.7. The van der Waals surface area contributed by atoms with Gasteiger partial charge >= 0.3 is 6.09 Å². The molecule has 1 aromatic heterocycles. The van der Waals surface area contributed by atoms with E-state index in [2.05, 4.69) is 21.4 Å². The van der Waals surface area contributed by atoms with Gasteiger partial charge < -0.3 is 4.74 Å². The summed E-state index contributed by atoms with van der Waals surface area (Å²) in [7, 11) is 0. The van der Waals surface area contributed by atoms with Gasteiger partial charge in [0, 0.05) is 34.5 Å². The average molecular weight is 344 g/mol. The second kappa shape index (κ2) is 6.61. The predicted molar refractivity (Wildman–Crippen MR) is 95.6 cm³/mol. The van der Waals surface area contributed by atoms with Gasteiger partial charge in [0.1, 0.15) is 0 Å². The Morgan fingerprint density at radius 2 is 2.12 bits per heavy atom. The van der Waals surface area contributed by atoms with Crippen LogP contribution in [0.3, 0.4) is 0 Å².